The van der Waals surface area contributed by atoms with Crippen LogP contribution in [-0.2, 0) is 9.53 Å². The summed E-state index contributed by atoms with van der Waals surface area (Å²) in [5.41, 5.74) is 9.70. The molecule has 7 heteroatoms. The fourth-order valence-corrected chi connectivity index (χ4v) is 4.12. The van der Waals surface area contributed by atoms with Gasteiger partial charge < -0.3 is 4.74 Å². The van der Waals surface area contributed by atoms with Crippen LogP contribution in [0.3, 0.4) is 0 Å². The van der Waals surface area contributed by atoms with Gasteiger partial charge >= 0.3 is 5.97 Å². The normalized spacial score (nSPS) is 31.0. The number of benzene rings is 1. The number of carbonyl (C=O) groups is 1. The first-order valence-electron chi connectivity index (χ1n) is 7.82. The van der Waals surface area contributed by atoms with Crippen LogP contribution in [0.2, 0.25) is 0 Å². The Kier molecular flexibility index (Phi) is 4.90. The molecular formula is C16H19BrN4O2. The number of piperidine rings is 1. The SMILES string of the molecule is C[C@H]1CC[C@H]2C(=O)O[C@H](CN=[N+]=[N-])CN2[C@@H]1c1cccc(Br)c1. The fraction of sp³-hybridized carbons (Fsp3) is 0.562. The number of morpholine rings is 1. The van der Waals surface area contributed by atoms with Crippen LogP contribution in [0, 0.1) is 5.92 Å². The minimum Gasteiger partial charge on any atom is -0.460 e. The first-order valence-corrected chi connectivity index (χ1v) is 8.62. The summed E-state index contributed by atoms with van der Waals surface area (Å²) in [5.74, 6) is 0.257. The number of cyclic esters (lactones) is 1. The second-order valence-corrected chi connectivity index (χ2v) is 7.16. The first kappa shape index (κ1) is 16.3. The molecule has 0 N–H and O–H groups in total. The lowest BCUT2D eigenvalue weighted by molar-refractivity contribution is -0.173. The van der Waals surface area contributed by atoms with E-state index in [0.29, 0.717) is 12.5 Å². The summed E-state index contributed by atoms with van der Waals surface area (Å²) in [6.07, 6.45) is 1.45. The minimum absolute atomic E-state index is 0.174. The van der Waals surface area contributed by atoms with E-state index in [2.05, 4.69) is 49.9 Å². The second kappa shape index (κ2) is 6.91. The van der Waals surface area contributed by atoms with E-state index >= 15 is 0 Å². The van der Waals surface area contributed by atoms with Crippen LogP contribution in [0.25, 0.3) is 10.4 Å². The van der Waals surface area contributed by atoms with E-state index in [-0.39, 0.29) is 30.7 Å². The lowest BCUT2D eigenvalue weighted by Crippen LogP contribution is -2.57. The zero-order valence-corrected chi connectivity index (χ0v) is 14.5. The molecule has 2 aliphatic rings. The average molecular weight is 379 g/mol. The lowest BCUT2D eigenvalue weighted by Gasteiger charge is -2.48. The summed E-state index contributed by atoms with van der Waals surface area (Å²) in [4.78, 5) is 17.4. The van der Waals surface area contributed by atoms with E-state index < -0.39 is 0 Å². The zero-order chi connectivity index (χ0) is 16.4. The Morgan fingerprint density at radius 1 is 1.48 bits per heavy atom. The van der Waals surface area contributed by atoms with E-state index in [1.165, 1.54) is 5.56 Å². The van der Waals surface area contributed by atoms with Crippen LogP contribution < -0.4 is 0 Å². The third-order valence-electron chi connectivity index (χ3n) is 4.70. The maximum atomic E-state index is 12.3. The zero-order valence-electron chi connectivity index (χ0n) is 12.9. The van der Waals surface area contributed by atoms with Gasteiger partial charge in [-0.15, -0.1) is 0 Å². The van der Waals surface area contributed by atoms with Crippen molar-refractivity contribution in [1.82, 2.24) is 4.90 Å². The molecule has 23 heavy (non-hydrogen) atoms. The number of hydrogen-bond donors (Lipinski definition) is 0. The van der Waals surface area contributed by atoms with Gasteiger partial charge in [-0.25, -0.2) is 0 Å². The molecule has 0 spiro atoms. The first-order chi connectivity index (χ1) is 11.1. The summed E-state index contributed by atoms with van der Waals surface area (Å²) in [6.45, 7) is 3.02. The molecule has 4 atom stereocenters. The summed E-state index contributed by atoms with van der Waals surface area (Å²) < 4.78 is 6.48. The topological polar surface area (TPSA) is 78.3 Å². The fourth-order valence-electron chi connectivity index (χ4n) is 3.71. The van der Waals surface area contributed by atoms with E-state index in [1.54, 1.807) is 0 Å². The Morgan fingerprint density at radius 3 is 3.04 bits per heavy atom. The highest BCUT2D eigenvalue weighted by molar-refractivity contribution is 9.10. The Morgan fingerprint density at radius 2 is 2.30 bits per heavy atom. The molecule has 0 saturated carbocycles. The van der Waals surface area contributed by atoms with E-state index in [9.17, 15) is 4.79 Å². The van der Waals surface area contributed by atoms with E-state index in [1.807, 2.05) is 12.1 Å². The Balaban J connectivity index is 1.90. The summed E-state index contributed by atoms with van der Waals surface area (Å²) in [5, 5.41) is 3.57. The molecule has 1 aromatic rings. The molecular weight excluding hydrogens is 360 g/mol. The van der Waals surface area contributed by atoms with Crippen molar-refractivity contribution >= 4 is 21.9 Å². The molecule has 122 valence electrons. The molecule has 0 bridgehead atoms. The molecule has 3 rings (SSSR count). The van der Waals surface area contributed by atoms with Gasteiger partial charge in [-0.1, -0.05) is 40.1 Å². The second-order valence-electron chi connectivity index (χ2n) is 6.24. The van der Waals surface area contributed by atoms with Crippen molar-refractivity contribution in [2.24, 2.45) is 11.0 Å². The largest absolute Gasteiger partial charge is 0.460 e. The maximum absolute atomic E-state index is 12.3. The number of hydrogen-bond acceptors (Lipinski definition) is 4. The highest BCUT2D eigenvalue weighted by Crippen LogP contribution is 2.41. The summed E-state index contributed by atoms with van der Waals surface area (Å²) >= 11 is 3.53. The van der Waals surface area contributed by atoms with Gasteiger partial charge in [0.15, 0.2) is 0 Å². The van der Waals surface area contributed by atoms with E-state index in [4.69, 9.17) is 10.3 Å². The predicted molar refractivity (Wildman–Crippen MR) is 89.7 cm³/mol. The van der Waals surface area contributed by atoms with Crippen molar-refractivity contribution in [2.75, 3.05) is 13.1 Å². The number of esters is 1. The van der Waals surface area contributed by atoms with Crippen LogP contribution in [0.1, 0.15) is 31.4 Å². The third kappa shape index (κ3) is 3.37. The lowest BCUT2D eigenvalue weighted by atomic mass is 9.82. The number of carbonyl (C=O) groups excluding carboxylic acids is 1. The Bertz CT molecular complexity index is 647. The van der Waals surface area contributed by atoms with Crippen LogP contribution in [0.5, 0.6) is 0 Å². The van der Waals surface area contributed by atoms with Crippen molar-refractivity contribution < 1.29 is 9.53 Å². The predicted octanol–water partition coefficient (Wildman–Crippen LogP) is 3.83. The van der Waals surface area contributed by atoms with Gasteiger partial charge in [0.25, 0.3) is 0 Å². The van der Waals surface area contributed by atoms with Gasteiger partial charge in [0.1, 0.15) is 12.1 Å². The molecule has 0 aliphatic carbocycles. The van der Waals surface area contributed by atoms with Gasteiger partial charge in [0.05, 0.1) is 6.54 Å². The molecule has 2 heterocycles. The minimum atomic E-state index is -0.366. The highest BCUT2D eigenvalue weighted by atomic mass is 79.9. The number of halogens is 1. The maximum Gasteiger partial charge on any atom is 0.323 e. The van der Waals surface area contributed by atoms with Crippen molar-refractivity contribution in [2.45, 2.75) is 38.0 Å². The number of fused-ring (bicyclic) bond motifs is 1. The van der Waals surface area contributed by atoms with Crippen LogP contribution in [0.15, 0.2) is 33.9 Å². The van der Waals surface area contributed by atoms with Gasteiger partial charge in [-0.2, -0.15) is 0 Å². The smallest absolute Gasteiger partial charge is 0.323 e. The summed E-state index contributed by atoms with van der Waals surface area (Å²) in [7, 11) is 0. The Labute approximate surface area is 143 Å². The van der Waals surface area contributed by atoms with Gasteiger partial charge in [-0.05, 0) is 42.0 Å². The number of ether oxygens (including phenoxy) is 1. The molecule has 1 aromatic carbocycles. The molecule has 2 fully saturated rings. The highest BCUT2D eigenvalue weighted by Gasteiger charge is 2.44. The summed E-state index contributed by atoms with van der Waals surface area (Å²) in [6, 6.07) is 8.23. The number of nitrogens with zero attached hydrogens (tertiary/aromatic N) is 4. The van der Waals surface area contributed by atoms with Crippen molar-refractivity contribution in [3.05, 3.63) is 44.7 Å². The third-order valence-corrected chi connectivity index (χ3v) is 5.19. The van der Waals surface area contributed by atoms with Crippen LogP contribution in [0.4, 0.5) is 0 Å². The standard InChI is InChI=1S/C16H19BrN4O2/c1-10-5-6-14-16(22)23-13(8-19-20-18)9-21(14)15(10)11-3-2-4-12(17)7-11/h2-4,7,10,13-15H,5-6,8-9H2,1H3/t10-,13+,14-,15-/m0/s1. The van der Waals surface area contributed by atoms with Crippen molar-refractivity contribution in [1.29, 1.82) is 0 Å². The molecule has 0 unspecified atom stereocenters. The molecule has 0 aromatic heterocycles. The van der Waals surface area contributed by atoms with E-state index in [0.717, 1.165) is 17.3 Å². The number of azide groups is 1. The average Bonchev–Trinajstić information content (AvgIpc) is 2.52. The molecule has 6 nitrogen and oxygen atoms in total. The monoisotopic (exact) mass is 378 g/mol. The molecule has 2 saturated heterocycles. The molecule has 0 radical (unpaired) electrons. The molecule has 0 amide bonds. The number of rotatable bonds is 3. The van der Waals surface area contributed by atoms with Gasteiger partial charge in [0.2, 0.25) is 0 Å². The quantitative estimate of drug-likeness (QED) is 0.347. The molecule has 2 aliphatic heterocycles. The van der Waals surface area contributed by atoms with Gasteiger partial charge in [-0.3, -0.25) is 9.69 Å². The van der Waals surface area contributed by atoms with Crippen LogP contribution in [-0.4, -0.2) is 36.1 Å². The van der Waals surface area contributed by atoms with Crippen LogP contribution >= 0.6 is 15.9 Å². The van der Waals surface area contributed by atoms with Crippen molar-refractivity contribution in [3.63, 3.8) is 0 Å². The van der Waals surface area contributed by atoms with Crippen molar-refractivity contribution in [3.8, 4) is 0 Å². The Hall–Kier alpha value is -1.56. The van der Waals surface area contributed by atoms with Gasteiger partial charge in [0, 0.05) is 22.0 Å².